The lowest BCUT2D eigenvalue weighted by Crippen LogP contribution is -2.38. The van der Waals surface area contributed by atoms with E-state index in [0.717, 1.165) is 12.8 Å². The van der Waals surface area contributed by atoms with E-state index >= 15 is 0 Å². The normalized spacial score (nSPS) is 15.2. The van der Waals surface area contributed by atoms with Gasteiger partial charge in [0.1, 0.15) is 11.2 Å². The quantitative estimate of drug-likeness (QED) is 0.656. The number of hydrogen-bond donors (Lipinski definition) is 3. The summed E-state index contributed by atoms with van der Waals surface area (Å²) < 4.78 is 1.58. The van der Waals surface area contributed by atoms with E-state index in [1.807, 2.05) is 6.07 Å². The summed E-state index contributed by atoms with van der Waals surface area (Å²) in [6.07, 6.45) is 3.73. The molecule has 4 N–H and O–H groups in total. The number of para-hydroxylation sites is 1. The van der Waals surface area contributed by atoms with E-state index in [2.05, 4.69) is 15.4 Å². The highest BCUT2D eigenvalue weighted by atomic mass is 35.5. The molecule has 0 saturated heterocycles. The largest absolute Gasteiger partial charge is 0.350 e. The number of aromatic nitrogens is 3. The number of halogens is 1. The number of benzene rings is 1. The van der Waals surface area contributed by atoms with Crippen molar-refractivity contribution in [1.82, 2.24) is 19.9 Å². The van der Waals surface area contributed by atoms with Crippen molar-refractivity contribution in [2.75, 3.05) is 6.54 Å². The molecule has 1 fully saturated rings. The zero-order valence-electron chi connectivity index (χ0n) is 12.9. The van der Waals surface area contributed by atoms with Gasteiger partial charge in [-0.3, -0.25) is 9.59 Å². The van der Waals surface area contributed by atoms with E-state index in [1.165, 1.54) is 6.20 Å². The van der Waals surface area contributed by atoms with Gasteiger partial charge < -0.3 is 16.0 Å². The van der Waals surface area contributed by atoms with Crippen LogP contribution in [0, 0.1) is 5.92 Å². The summed E-state index contributed by atoms with van der Waals surface area (Å²) >= 11 is 0. The number of nitrogens with two attached hydrogens (primary N) is 1. The van der Waals surface area contributed by atoms with Crippen molar-refractivity contribution in [3.05, 3.63) is 46.4 Å². The summed E-state index contributed by atoms with van der Waals surface area (Å²) in [6, 6.07) is 7.14. The van der Waals surface area contributed by atoms with Gasteiger partial charge in [-0.05, 0) is 30.9 Å². The minimum absolute atomic E-state index is 0. The molecular weight excluding hydrogens is 330 g/mol. The van der Waals surface area contributed by atoms with Crippen LogP contribution in [-0.2, 0) is 0 Å². The van der Waals surface area contributed by atoms with Crippen LogP contribution >= 0.6 is 12.4 Å². The molecule has 4 rings (SSSR count). The predicted octanol–water partition coefficient (Wildman–Crippen LogP) is 1.06. The first kappa shape index (κ1) is 16.5. The van der Waals surface area contributed by atoms with Gasteiger partial charge >= 0.3 is 0 Å². The number of rotatable bonds is 4. The first-order chi connectivity index (χ1) is 11.1. The molecule has 0 bridgehead atoms. The zero-order valence-corrected chi connectivity index (χ0v) is 13.7. The average Bonchev–Trinajstić information content (AvgIpc) is 3.33. The lowest BCUT2D eigenvalue weighted by Gasteiger charge is -2.11. The molecule has 126 valence electrons. The molecule has 7 nitrogen and oxygen atoms in total. The van der Waals surface area contributed by atoms with Gasteiger partial charge in [-0.2, -0.15) is 5.10 Å². The maximum absolute atomic E-state index is 12.4. The molecule has 1 unspecified atom stereocenters. The Hall–Kier alpha value is -2.38. The van der Waals surface area contributed by atoms with Crippen molar-refractivity contribution in [2.24, 2.45) is 11.7 Å². The molecule has 24 heavy (non-hydrogen) atoms. The number of amides is 1. The minimum Gasteiger partial charge on any atom is -0.350 e. The predicted molar refractivity (Wildman–Crippen MR) is 93.6 cm³/mol. The number of carbonyl (C=O) groups is 1. The molecule has 0 aliphatic heterocycles. The second kappa shape index (κ2) is 6.26. The SMILES string of the molecule is Cl.NC(CNC(=O)c1cnn2c1[nH]c(=O)c1ccccc12)C1CC1. The molecule has 1 aliphatic rings. The van der Waals surface area contributed by atoms with E-state index in [4.69, 9.17) is 5.73 Å². The van der Waals surface area contributed by atoms with Crippen LogP contribution in [0.4, 0.5) is 0 Å². The molecule has 2 heterocycles. The van der Waals surface area contributed by atoms with Gasteiger partial charge in [0.05, 0.1) is 17.1 Å². The number of fused-ring (bicyclic) bond motifs is 3. The fraction of sp³-hybridized carbons (Fsp3) is 0.312. The summed E-state index contributed by atoms with van der Waals surface area (Å²) in [5, 5.41) is 7.60. The Bertz CT molecular complexity index is 960. The second-order valence-electron chi connectivity index (χ2n) is 6.00. The Labute approximate surface area is 143 Å². The van der Waals surface area contributed by atoms with Crippen molar-refractivity contribution < 1.29 is 4.79 Å². The standard InChI is InChI=1S/C16H17N5O2.ClH/c17-12(9-5-6-9)8-18-15(22)11-7-19-21-13-4-2-1-3-10(13)16(23)20-14(11)21;/h1-4,7,9,12H,5-6,8,17H2,(H,18,22)(H,20,23);1H. The molecular formula is C16H18ClN5O2. The lowest BCUT2D eigenvalue weighted by molar-refractivity contribution is 0.0951. The Balaban J connectivity index is 0.00000169. The maximum Gasteiger partial charge on any atom is 0.259 e. The van der Waals surface area contributed by atoms with E-state index in [1.54, 1.807) is 22.7 Å². The molecule has 1 aromatic carbocycles. The van der Waals surface area contributed by atoms with Gasteiger partial charge in [0.25, 0.3) is 11.5 Å². The number of hydrogen-bond acceptors (Lipinski definition) is 4. The highest BCUT2D eigenvalue weighted by Gasteiger charge is 2.28. The van der Waals surface area contributed by atoms with Gasteiger partial charge in [-0.1, -0.05) is 12.1 Å². The van der Waals surface area contributed by atoms with E-state index in [0.29, 0.717) is 34.6 Å². The van der Waals surface area contributed by atoms with Crippen molar-refractivity contribution in [1.29, 1.82) is 0 Å². The van der Waals surface area contributed by atoms with E-state index < -0.39 is 0 Å². The number of H-pyrrole nitrogens is 1. The van der Waals surface area contributed by atoms with Crippen molar-refractivity contribution >= 4 is 34.9 Å². The summed E-state index contributed by atoms with van der Waals surface area (Å²) in [6.45, 7) is 0.429. The first-order valence-corrected chi connectivity index (χ1v) is 7.67. The van der Waals surface area contributed by atoms with Crippen molar-refractivity contribution in [3.8, 4) is 0 Å². The maximum atomic E-state index is 12.4. The highest BCUT2D eigenvalue weighted by molar-refractivity contribution is 6.00. The molecule has 0 spiro atoms. The van der Waals surface area contributed by atoms with Crippen molar-refractivity contribution in [2.45, 2.75) is 18.9 Å². The second-order valence-corrected chi connectivity index (χ2v) is 6.00. The average molecular weight is 348 g/mol. The molecule has 1 aliphatic carbocycles. The van der Waals surface area contributed by atoms with E-state index in [-0.39, 0.29) is 29.9 Å². The Kier molecular flexibility index (Phi) is 4.29. The molecule has 8 heteroatoms. The number of nitrogens with zero attached hydrogens (tertiary/aromatic N) is 2. The molecule has 2 aromatic heterocycles. The first-order valence-electron chi connectivity index (χ1n) is 7.67. The Morgan fingerprint density at radius 1 is 1.42 bits per heavy atom. The summed E-state index contributed by atoms with van der Waals surface area (Å²) in [5.74, 6) is 0.241. The Morgan fingerprint density at radius 3 is 2.92 bits per heavy atom. The summed E-state index contributed by atoms with van der Waals surface area (Å²) in [4.78, 5) is 27.3. The minimum atomic E-state index is -0.276. The molecule has 1 atom stereocenters. The number of aromatic amines is 1. The molecule has 3 aromatic rings. The zero-order chi connectivity index (χ0) is 16.0. The lowest BCUT2D eigenvalue weighted by atomic mass is 10.2. The Morgan fingerprint density at radius 2 is 2.17 bits per heavy atom. The summed E-state index contributed by atoms with van der Waals surface area (Å²) in [5.41, 5.74) is 7.16. The van der Waals surface area contributed by atoms with Crippen LogP contribution < -0.4 is 16.6 Å². The molecule has 1 saturated carbocycles. The van der Waals surface area contributed by atoms with Gasteiger partial charge in [0.15, 0.2) is 0 Å². The van der Waals surface area contributed by atoms with E-state index in [9.17, 15) is 9.59 Å². The van der Waals surface area contributed by atoms with Crippen molar-refractivity contribution in [3.63, 3.8) is 0 Å². The van der Waals surface area contributed by atoms with Crippen LogP contribution in [-0.4, -0.2) is 33.1 Å². The van der Waals surface area contributed by atoms with Crippen LogP contribution in [0.25, 0.3) is 16.6 Å². The fourth-order valence-electron chi connectivity index (χ4n) is 2.84. The van der Waals surface area contributed by atoms with Gasteiger partial charge in [-0.25, -0.2) is 4.52 Å². The molecule has 1 amide bonds. The van der Waals surface area contributed by atoms with Crippen LogP contribution in [0.1, 0.15) is 23.2 Å². The number of carbonyl (C=O) groups excluding carboxylic acids is 1. The number of nitrogens with one attached hydrogen (secondary N) is 2. The monoisotopic (exact) mass is 347 g/mol. The third-order valence-electron chi connectivity index (χ3n) is 4.35. The third-order valence-corrected chi connectivity index (χ3v) is 4.35. The van der Waals surface area contributed by atoms with Gasteiger partial charge in [0.2, 0.25) is 0 Å². The topological polar surface area (TPSA) is 105 Å². The summed E-state index contributed by atoms with van der Waals surface area (Å²) in [7, 11) is 0. The van der Waals surface area contributed by atoms with Gasteiger partial charge in [0, 0.05) is 12.6 Å². The highest BCUT2D eigenvalue weighted by Crippen LogP contribution is 2.31. The smallest absolute Gasteiger partial charge is 0.259 e. The van der Waals surface area contributed by atoms with Crippen LogP contribution in [0.5, 0.6) is 0 Å². The van der Waals surface area contributed by atoms with Crippen LogP contribution in [0.3, 0.4) is 0 Å². The van der Waals surface area contributed by atoms with Crippen LogP contribution in [0.15, 0.2) is 35.3 Å². The van der Waals surface area contributed by atoms with Crippen LogP contribution in [0.2, 0.25) is 0 Å². The third kappa shape index (κ3) is 2.76. The van der Waals surface area contributed by atoms with Gasteiger partial charge in [-0.15, -0.1) is 12.4 Å². The fourth-order valence-corrected chi connectivity index (χ4v) is 2.84. The molecule has 0 radical (unpaired) electrons.